The van der Waals surface area contributed by atoms with Crippen molar-refractivity contribution in [2.24, 2.45) is 0 Å². The fourth-order valence-corrected chi connectivity index (χ4v) is 4.21. The molecule has 0 aromatic heterocycles. The number of aromatic carboxylic acids is 1. The Bertz CT molecular complexity index is 1460. The topological polar surface area (TPSA) is 125 Å². The highest BCUT2D eigenvalue weighted by atomic mass is 16.4. The lowest BCUT2D eigenvalue weighted by Crippen LogP contribution is -2.07. The summed E-state index contributed by atoms with van der Waals surface area (Å²) in [5.74, 6) is -1.62. The Labute approximate surface area is 195 Å². The fourth-order valence-electron chi connectivity index (χ4n) is 4.21. The monoisotopic (exact) mass is 460 g/mol. The van der Waals surface area contributed by atoms with E-state index in [9.17, 15) is 24.6 Å². The smallest absolute Gasteiger partial charge is 0.336 e. The van der Waals surface area contributed by atoms with Gasteiger partial charge in [-0.15, -0.1) is 0 Å². The number of carbonyl (C=O) groups is 2. The second-order valence-electron chi connectivity index (χ2n) is 8.51. The minimum absolute atomic E-state index is 0.0335. The van der Waals surface area contributed by atoms with Gasteiger partial charge >= 0.3 is 11.9 Å². The first-order valence-electron chi connectivity index (χ1n) is 10.9. The van der Waals surface area contributed by atoms with Gasteiger partial charge in [-0.25, -0.2) is 4.79 Å². The number of aryl methyl sites for hydroxylation is 3. The molecule has 0 amide bonds. The summed E-state index contributed by atoms with van der Waals surface area (Å²) in [6, 6.07) is 11.5. The van der Waals surface area contributed by atoms with E-state index in [2.05, 4.69) is 0 Å². The highest BCUT2D eigenvalue weighted by molar-refractivity contribution is 6.08. The normalized spacial score (nSPS) is 11.2. The third kappa shape index (κ3) is 4.37. The van der Waals surface area contributed by atoms with E-state index in [1.807, 2.05) is 6.07 Å². The lowest BCUT2D eigenvalue weighted by atomic mass is 9.88. The molecule has 0 saturated heterocycles. The molecule has 4 rings (SSSR count). The van der Waals surface area contributed by atoms with Crippen molar-refractivity contribution >= 4 is 22.9 Å². The van der Waals surface area contributed by atoms with Gasteiger partial charge in [0.2, 0.25) is 0 Å². The summed E-state index contributed by atoms with van der Waals surface area (Å²) < 4.78 is 5.93. The van der Waals surface area contributed by atoms with E-state index in [0.29, 0.717) is 63.8 Å². The largest absolute Gasteiger partial charge is 0.508 e. The van der Waals surface area contributed by atoms with Crippen LogP contribution in [0.2, 0.25) is 0 Å². The van der Waals surface area contributed by atoms with Crippen LogP contribution in [-0.4, -0.2) is 27.3 Å². The highest BCUT2D eigenvalue weighted by Crippen LogP contribution is 2.43. The molecule has 2 aliphatic rings. The molecule has 7 nitrogen and oxygen atoms in total. The van der Waals surface area contributed by atoms with Gasteiger partial charge in [0, 0.05) is 35.1 Å². The van der Waals surface area contributed by atoms with Crippen LogP contribution in [0.25, 0.3) is 33.4 Å². The van der Waals surface area contributed by atoms with Gasteiger partial charge in [0.25, 0.3) is 0 Å². The van der Waals surface area contributed by atoms with Gasteiger partial charge in [-0.2, -0.15) is 0 Å². The predicted molar refractivity (Wildman–Crippen MR) is 128 cm³/mol. The van der Waals surface area contributed by atoms with Crippen molar-refractivity contribution in [3.63, 3.8) is 0 Å². The molecule has 7 heteroatoms. The maximum atomic E-state index is 12.3. The summed E-state index contributed by atoms with van der Waals surface area (Å²) in [5, 5.41) is 29.7. The summed E-state index contributed by atoms with van der Waals surface area (Å²) in [6.45, 7) is 3.43. The Balaban J connectivity index is 1.95. The van der Waals surface area contributed by atoms with Crippen molar-refractivity contribution in [3.8, 4) is 28.2 Å². The summed E-state index contributed by atoms with van der Waals surface area (Å²) in [5.41, 5.74) is 3.82. The number of fused-ring (bicyclic) bond motifs is 2. The zero-order valence-corrected chi connectivity index (χ0v) is 18.8. The van der Waals surface area contributed by atoms with Crippen molar-refractivity contribution < 1.29 is 29.3 Å². The van der Waals surface area contributed by atoms with E-state index >= 15 is 0 Å². The molecule has 0 spiro atoms. The van der Waals surface area contributed by atoms with E-state index < -0.39 is 11.9 Å². The maximum absolute atomic E-state index is 12.3. The lowest BCUT2D eigenvalue weighted by Gasteiger charge is -2.18. The molecular weight excluding hydrogens is 436 g/mol. The number of rotatable bonds is 7. The molecule has 0 bridgehead atoms. The first kappa shape index (κ1) is 23.0. The van der Waals surface area contributed by atoms with Crippen molar-refractivity contribution in [2.75, 3.05) is 0 Å². The minimum Gasteiger partial charge on any atom is -0.508 e. The molecule has 34 heavy (non-hydrogen) atoms. The van der Waals surface area contributed by atoms with Crippen molar-refractivity contribution in [3.05, 3.63) is 74.9 Å². The Hall–Kier alpha value is -4.13. The van der Waals surface area contributed by atoms with Gasteiger partial charge in [-0.05, 0) is 73.6 Å². The quantitative estimate of drug-likeness (QED) is 0.250. The molecule has 0 unspecified atom stereocenters. The molecule has 2 aromatic carbocycles. The number of carboxylic acid groups (broad SMARTS) is 2. The average molecular weight is 460 g/mol. The predicted octanol–water partition coefficient (Wildman–Crippen LogP) is 5.38. The average Bonchev–Trinajstić information content (AvgIpc) is 2.77. The van der Waals surface area contributed by atoms with Crippen LogP contribution < -0.4 is 5.43 Å². The van der Waals surface area contributed by atoms with Gasteiger partial charge in [0.15, 0.2) is 5.43 Å². The summed E-state index contributed by atoms with van der Waals surface area (Å²) in [6.07, 6.45) is 1.77. The molecule has 0 radical (unpaired) electrons. The van der Waals surface area contributed by atoms with Gasteiger partial charge in [0.05, 0.1) is 5.56 Å². The highest BCUT2D eigenvalue weighted by Gasteiger charge is 2.23. The molecule has 174 valence electrons. The number of hydrogen-bond donors (Lipinski definition) is 3. The zero-order valence-electron chi connectivity index (χ0n) is 18.8. The second kappa shape index (κ2) is 9.02. The number of phenols is 1. The van der Waals surface area contributed by atoms with E-state index in [1.165, 1.54) is 12.1 Å². The first-order chi connectivity index (χ1) is 16.2. The van der Waals surface area contributed by atoms with Crippen LogP contribution in [0, 0.1) is 13.8 Å². The van der Waals surface area contributed by atoms with E-state index in [1.54, 1.807) is 38.1 Å². The van der Waals surface area contributed by atoms with Gasteiger partial charge in [0.1, 0.15) is 17.1 Å². The number of benzene rings is 3. The maximum Gasteiger partial charge on any atom is 0.336 e. The molecule has 0 saturated carbocycles. The molecular formula is C27H24O7. The van der Waals surface area contributed by atoms with E-state index in [4.69, 9.17) is 9.52 Å². The number of phenolic OH excluding ortho intramolecular Hbond substituents is 1. The van der Waals surface area contributed by atoms with E-state index in [-0.39, 0.29) is 23.2 Å². The molecule has 0 fully saturated rings. The number of carboxylic acids is 2. The van der Waals surface area contributed by atoms with Crippen LogP contribution in [-0.2, 0) is 11.2 Å². The Morgan fingerprint density at radius 1 is 0.912 bits per heavy atom. The Morgan fingerprint density at radius 3 is 2.38 bits per heavy atom. The van der Waals surface area contributed by atoms with Gasteiger partial charge in [-0.1, -0.05) is 12.1 Å². The molecule has 1 aliphatic heterocycles. The van der Waals surface area contributed by atoms with Crippen LogP contribution in [0.15, 0.2) is 51.7 Å². The fraction of sp³-hybridized carbons (Fsp3) is 0.222. The molecule has 0 atom stereocenters. The first-order valence-corrected chi connectivity index (χ1v) is 10.9. The minimum atomic E-state index is -1.10. The van der Waals surface area contributed by atoms with Gasteiger partial charge < -0.3 is 19.7 Å². The van der Waals surface area contributed by atoms with Crippen molar-refractivity contribution in [2.45, 2.75) is 39.5 Å². The van der Waals surface area contributed by atoms with Crippen molar-refractivity contribution in [1.29, 1.82) is 0 Å². The standard InChI is InChI=1S/C27H24O7/c1-14-9-19-23(12-21(14)28)34-24-13-22(29)15(2)10-20(24)26(19)17-8-7-16(11-18(17)27(32)33)5-3-4-6-25(30)31/h7-13,28H,3-6H2,1-2H3,(H,30,31)(H,32,33). The molecule has 1 heterocycles. The molecule has 2 aromatic rings. The Morgan fingerprint density at radius 2 is 1.68 bits per heavy atom. The number of unbranched alkanes of at least 4 members (excludes halogenated alkanes) is 1. The van der Waals surface area contributed by atoms with Crippen LogP contribution in [0.1, 0.15) is 46.3 Å². The number of hydrogen-bond acceptors (Lipinski definition) is 5. The Kier molecular flexibility index (Phi) is 6.11. The van der Waals surface area contributed by atoms with Crippen LogP contribution in [0.3, 0.4) is 0 Å². The summed E-state index contributed by atoms with van der Waals surface area (Å²) >= 11 is 0. The number of aliphatic carboxylic acids is 1. The van der Waals surface area contributed by atoms with Crippen molar-refractivity contribution in [1.82, 2.24) is 0 Å². The third-order valence-corrected chi connectivity index (χ3v) is 6.02. The number of aromatic hydroxyl groups is 1. The SMILES string of the molecule is Cc1cc2c(-c3ccc(CCCCC(=O)O)cc3C(=O)O)c3cc(C)c(=O)cc-3oc2cc1O. The second-order valence-corrected chi connectivity index (χ2v) is 8.51. The third-order valence-electron chi connectivity index (χ3n) is 6.02. The van der Waals surface area contributed by atoms with Gasteiger partial charge in [-0.3, -0.25) is 9.59 Å². The molecule has 3 N–H and O–H groups in total. The van der Waals surface area contributed by atoms with Crippen LogP contribution >= 0.6 is 0 Å². The van der Waals surface area contributed by atoms with Crippen LogP contribution in [0.5, 0.6) is 5.75 Å². The van der Waals surface area contributed by atoms with E-state index in [0.717, 1.165) is 5.56 Å². The molecule has 1 aliphatic carbocycles. The summed E-state index contributed by atoms with van der Waals surface area (Å²) in [7, 11) is 0. The summed E-state index contributed by atoms with van der Waals surface area (Å²) in [4.78, 5) is 35.3. The zero-order chi connectivity index (χ0) is 24.6. The van der Waals surface area contributed by atoms with Crippen LogP contribution in [0.4, 0.5) is 0 Å². The lowest BCUT2D eigenvalue weighted by molar-refractivity contribution is -0.137.